The van der Waals surface area contributed by atoms with Gasteiger partial charge in [0.2, 0.25) is 0 Å². The number of carbonyl (C=O) groups is 2. The van der Waals surface area contributed by atoms with E-state index in [1.165, 1.54) is 19.1 Å². The Morgan fingerprint density at radius 3 is 2.10 bits per heavy atom. The number of aromatic carboxylic acids is 2. The molecule has 108 valence electrons. The maximum Gasteiger partial charge on any atom is 0.336 e. The second kappa shape index (κ2) is 5.76. The third-order valence-electron chi connectivity index (χ3n) is 3.41. The fourth-order valence-corrected chi connectivity index (χ4v) is 2.28. The quantitative estimate of drug-likeness (QED) is 0.801. The van der Waals surface area contributed by atoms with Crippen LogP contribution in [0.3, 0.4) is 0 Å². The summed E-state index contributed by atoms with van der Waals surface area (Å²) in [5, 5.41) is 18.5. The smallest absolute Gasteiger partial charge is 0.336 e. The van der Waals surface area contributed by atoms with Gasteiger partial charge < -0.3 is 15.9 Å². The second-order valence-electron chi connectivity index (χ2n) is 4.67. The number of nitrogens with two attached hydrogens (primary N) is 1. The lowest BCUT2D eigenvalue weighted by atomic mass is 9.92. The highest BCUT2D eigenvalue weighted by Gasteiger charge is 2.20. The van der Waals surface area contributed by atoms with E-state index in [4.69, 9.17) is 10.8 Å². The number of hydrogen-bond acceptors (Lipinski definition) is 3. The van der Waals surface area contributed by atoms with Crippen molar-refractivity contribution in [3.8, 4) is 11.1 Å². The van der Waals surface area contributed by atoms with Crippen LogP contribution >= 0.6 is 0 Å². The molecule has 0 radical (unpaired) electrons. The first-order valence-corrected chi connectivity index (χ1v) is 6.35. The summed E-state index contributed by atoms with van der Waals surface area (Å²) in [6.07, 6.45) is 0. The van der Waals surface area contributed by atoms with E-state index < -0.39 is 11.9 Å². The van der Waals surface area contributed by atoms with E-state index in [0.29, 0.717) is 17.7 Å². The molecule has 0 unspecified atom stereocenters. The first-order chi connectivity index (χ1) is 9.95. The molecule has 2 aromatic carbocycles. The summed E-state index contributed by atoms with van der Waals surface area (Å²) < 4.78 is 0. The fraction of sp³-hybridized carbons (Fsp3) is 0.125. The van der Waals surface area contributed by atoms with Crippen molar-refractivity contribution >= 4 is 11.9 Å². The van der Waals surface area contributed by atoms with E-state index in [2.05, 4.69) is 0 Å². The fourth-order valence-electron chi connectivity index (χ4n) is 2.28. The van der Waals surface area contributed by atoms with Gasteiger partial charge in [0.05, 0.1) is 11.1 Å². The third-order valence-corrected chi connectivity index (χ3v) is 3.41. The Balaban J connectivity index is 2.65. The van der Waals surface area contributed by atoms with Crippen LogP contribution in [0.4, 0.5) is 0 Å². The van der Waals surface area contributed by atoms with Gasteiger partial charge in [0, 0.05) is 6.54 Å². The lowest BCUT2D eigenvalue weighted by Gasteiger charge is -2.12. The molecule has 5 heteroatoms. The number of benzene rings is 2. The summed E-state index contributed by atoms with van der Waals surface area (Å²) in [5.41, 5.74) is 7.93. The van der Waals surface area contributed by atoms with Gasteiger partial charge in [-0.3, -0.25) is 0 Å². The van der Waals surface area contributed by atoms with Crippen LogP contribution in [0.5, 0.6) is 0 Å². The normalized spacial score (nSPS) is 10.4. The number of carboxylic acid groups (broad SMARTS) is 2. The van der Waals surface area contributed by atoms with Crippen LogP contribution in [-0.4, -0.2) is 22.2 Å². The minimum atomic E-state index is -1.14. The van der Waals surface area contributed by atoms with Gasteiger partial charge >= 0.3 is 11.9 Å². The molecular weight excluding hydrogens is 270 g/mol. The molecule has 2 rings (SSSR count). The Morgan fingerprint density at radius 1 is 1.00 bits per heavy atom. The van der Waals surface area contributed by atoms with Crippen molar-refractivity contribution in [3.05, 3.63) is 58.7 Å². The molecule has 0 bridgehead atoms. The highest BCUT2D eigenvalue weighted by Crippen LogP contribution is 2.28. The van der Waals surface area contributed by atoms with Gasteiger partial charge in [-0.2, -0.15) is 0 Å². The molecule has 0 saturated carbocycles. The highest BCUT2D eigenvalue weighted by atomic mass is 16.4. The third kappa shape index (κ3) is 2.78. The molecule has 0 fully saturated rings. The molecule has 0 aliphatic heterocycles. The number of carboxylic acids is 2. The maximum atomic E-state index is 11.5. The summed E-state index contributed by atoms with van der Waals surface area (Å²) >= 11 is 0. The van der Waals surface area contributed by atoms with Gasteiger partial charge in [0.25, 0.3) is 0 Å². The first kappa shape index (κ1) is 14.7. The average molecular weight is 285 g/mol. The van der Waals surface area contributed by atoms with Gasteiger partial charge in [-0.1, -0.05) is 30.3 Å². The predicted molar refractivity (Wildman–Crippen MR) is 78.4 cm³/mol. The van der Waals surface area contributed by atoms with Crippen molar-refractivity contribution in [1.82, 2.24) is 0 Å². The molecule has 0 aliphatic rings. The lowest BCUT2D eigenvalue weighted by molar-refractivity contribution is 0.0696. The predicted octanol–water partition coefficient (Wildman–Crippen LogP) is 2.52. The van der Waals surface area contributed by atoms with Crippen molar-refractivity contribution in [3.63, 3.8) is 0 Å². The molecule has 0 spiro atoms. The van der Waals surface area contributed by atoms with Crippen molar-refractivity contribution in [1.29, 1.82) is 0 Å². The molecule has 0 aliphatic carbocycles. The Hall–Kier alpha value is -2.66. The molecule has 5 nitrogen and oxygen atoms in total. The van der Waals surface area contributed by atoms with Crippen molar-refractivity contribution in [2.24, 2.45) is 5.73 Å². The summed E-state index contributed by atoms with van der Waals surface area (Å²) in [7, 11) is 0. The molecule has 0 heterocycles. The van der Waals surface area contributed by atoms with Crippen LogP contribution in [0, 0.1) is 6.92 Å². The summed E-state index contributed by atoms with van der Waals surface area (Å²) in [6.45, 7) is 1.91. The molecule has 4 N–H and O–H groups in total. The summed E-state index contributed by atoms with van der Waals surface area (Å²) in [6, 6.07) is 10.2. The van der Waals surface area contributed by atoms with Crippen LogP contribution < -0.4 is 5.73 Å². The van der Waals surface area contributed by atoms with Gasteiger partial charge in [-0.25, -0.2) is 9.59 Å². The zero-order valence-corrected chi connectivity index (χ0v) is 11.5. The van der Waals surface area contributed by atoms with Crippen LogP contribution in [0.1, 0.15) is 31.8 Å². The summed E-state index contributed by atoms with van der Waals surface area (Å²) in [4.78, 5) is 22.6. The van der Waals surface area contributed by atoms with E-state index in [1.807, 2.05) is 12.1 Å². The van der Waals surface area contributed by atoms with Crippen molar-refractivity contribution in [2.45, 2.75) is 13.5 Å². The minimum Gasteiger partial charge on any atom is -0.478 e. The molecule has 0 atom stereocenters. The zero-order valence-electron chi connectivity index (χ0n) is 11.5. The Labute approximate surface area is 121 Å². The lowest BCUT2D eigenvalue weighted by Crippen LogP contribution is -2.09. The largest absolute Gasteiger partial charge is 0.478 e. The Morgan fingerprint density at radius 2 is 1.62 bits per heavy atom. The molecule has 0 amide bonds. The van der Waals surface area contributed by atoms with Gasteiger partial charge in [0.15, 0.2) is 0 Å². The Kier molecular flexibility index (Phi) is 4.05. The molecular formula is C16H15NO4. The van der Waals surface area contributed by atoms with E-state index >= 15 is 0 Å². The molecule has 0 saturated heterocycles. The minimum absolute atomic E-state index is 0.00488. The van der Waals surface area contributed by atoms with Crippen LogP contribution in [-0.2, 0) is 6.54 Å². The monoisotopic (exact) mass is 285 g/mol. The van der Waals surface area contributed by atoms with Crippen molar-refractivity contribution < 1.29 is 19.8 Å². The topological polar surface area (TPSA) is 101 Å². The van der Waals surface area contributed by atoms with E-state index in [1.54, 1.807) is 12.1 Å². The first-order valence-electron chi connectivity index (χ1n) is 6.35. The number of rotatable bonds is 4. The van der Waals surface area contributed by atoms with Crippen LogP contribution in [0.2, 0.25) is 0 Å². The highest BCUT2D eigenvalue weighted by molar-refractivity contribution is 6.02. The molecule has 2 aromatic rings. The van der Waals surface area contributed by atoms with Gasteiger partial charge in [-0.15, -0.1) is 0 Å². The Bertz CT molecular complexity index is 705. The zero-order chi connectivity index (χ0) is 15.6. The molecule has 21 heavy (non-hydrogen) atoms. The summed E-state index contributed by atoms with van der Waals surface area (Å²) in [5.74, 6) is -2.28. The number of hydrogen-bond donors (Lipinski definition) is 3. The average Bonchev–Trinajstić information content (AvgIpc) is 2.46. The second-order valence-corrected chi connectivity index (χ2v) is 4.67. The van der Waals surface area contributed by atoms with Gasteiger partial charge in [0.1, 0.15) is 0 Å². The van der Waals surface area contributed by atoms with Crippen LogP contribution in [0.15, 0.2) is 36.4 Å². The van der Waals surface area contributed by atoms with E-state index in [0.717, 1.165) is 5.56 Å². The van der Waals surface area contributed by atoms with E-state index in [-0.39, 0.29) is 16.7 Å². The SMILES string of the molecule is Cc1c(C(=O)O)ccc(-c2ccc(CN)cc2)c1C(=O)O. The van der Waals surface area contributed by atoms with E-state index in [9.17, 15) is 14.7 Å². The van der Waals surface area contributed by atoms with Crippen molar-refractivity contribution in [2.75, 3.05) is 0 Å². The van der Waals surface area contributed by atoms with Gasteiger partial charge in [-0.05, 0) is 35.2 Å². The standard InChI is InChI=1S/C16H15NO4/c1-9-12(15(18)19)6-7-13(14(9)16(20)21)11-4-2-10(8-17)3-5-11/h2-7H,8,17H2,1H3,(H,18,19)(H,20,21). The van der Waals surface area contributed by atoms with Crippen LogP contribution in [0.25, 0.3) is 11.1 Å². The maximum absolute atomic E-state index is 11.5. The molecule has 0 aromatic heterocycles.